The van der Waals surface area contributed by atoms with E-state index in [4.69, 9.17) is 11.6 Å². The zero-order valence-corrected chi connectivity index (χ0v) is 10.6. The molecule has 0 amide bonds. The van der Waals surface area contributed by atoms with Gasteiger partial charge < -0.3 is 10.0 Å². The maximum absolute atomic E-state index is 9.22. The number of hydrogen-bond acceptors (Lipinski definition) is 3. The fraction of sp³-hybridized carbons (Fsp3) is 0. The molecule has 0 radical (unpaired) electrons. The monoisotopic (exact) mass is 338 g/mol. The second-order valence-electron chi connectivity index (χ2n) is 2.80. The normalized spacial score (nSPS) is 10.9. The summed E-state index contributed by atoms with van der Waals surface area (Å²) in [5.41, 5.74) is 0.406. The molecule has 1 heterocycles. The molecule has 2 nitrogen and oxygen atoms in total. The van der Waals surface area contributed by atoms with Crippen molar-refractivity contribution in [2.45, 2.75) is 0 Å². The van der Waals surface area contributed by atoms with Crippen LogP contribution in [0.25, 0.3) is 10.1 Å². The lowest BCUT2D eigenvalue weighted by Gasteiger charge is -2.06. The van der Waals surface area contributed by atoms with Crippen LogP contribution in [0.15, 0.2) is 17.5 Å². The Morgan fingerprint density at radius 2 is 2.14 bits per heavy atom. The Bertz CT molecular complexity index is 485. The Kier molecular flexibility index (Phi) is 3.04. The van der Waals surface area contributed by atoms with Gasteiger partial charge in [0.25, 0.3) is 0 Å². The van der Waals surface area contributed by atoms with Crippen molar-refractivity contribution < 1.29 is 10.0 Å². The van der Waals surface area contributed by atoms with Gasteiger partial charge in [0.15, 0.2) is 0 Å². The van der Waals surface area contributed by atoms with Crippen molar-refractivity contribution in [3.8, 4) is 0 Å². The summed E-state index contributed by atoms with van der Waals surface area (Å²) in [6.07, 6.45) is 0. The van der Waals surface area contributed by atoms with E-state index in [2.05, 4.69) is 22.6 Å². The lowest BCUT2D eigenvalue weighted by Crippen LogP contribution is -2.31. The van der Waals surface area contributed by atoms with E-state index >= 15 is 0 Å². The molecular formula is C8H5BClIO2S. The molecule has 0 aliphatic carbocycles. The zero-order valence-electron chi connectivity index (χ0n) is 6.87. The molecule has 0 atom stereocenters. The van der Waals surface area contributed by atoms with Gasteiger partial charge in [-0.2, -0.15) is 0 Å². The number of halogens is 2. The third-order valence-corrected chi connectivity index (χ3v) is 4.47. The molecule has 0 saturated heterocycles. The molecule has 0 spiro atoms. The third kappa shape index (κ3) is 1.67. The summed E-state index contributed by atoms with van der Waals surface area (Å²) >= 11 is 9.54. The Balaban J connectivity index is 2.86. The van der Waals surface area contributed by atoms with Crippen molar-refractivity contribution in [2.24, 2.45) is 0 Å². The largest absolute Gasteiger partial charge is 0.491 e. The highest BCUT2D eigenvalue weighted by Gasteiger charge is 2.21. The van der Waals surface area contributed by atoms with E-state index in [0.29, 0.717) is 10.5 Å². The highest BCUT2D eigenvalue weighted by atomic mass is 127. The van der Waals surface area contributed by atoms with E-state index in [1.165, 1.54) is 11.3 Å². The predicted octanol–water partition coefficient (Wildman–Crippen LogP) is 1.84. The Morgan fingerprint density at radius 3 is 2.79 bits per heavy atom. The summed E-state index contributed by atoms with van der Waals surface area (Å²) in [5, 5.41) is 21.8. The van der Waals surface area contributed by atoms with Crippen LogP contribution < -0.4 is 5.46 Å². The van der Waals surface area contributed by atoms with E-state index in [0.717, 1.165) is 13.7 Å². The fourth-order valence-corrected chi connectivity index (χ4v) is 3.19. The van der Waals surface area contributed by atoms with Gasteiger partial charge in [-0.3, -0.25) is 0 Å². The summed E-state index contributed by atoms with van der Waals surface area (Å²) in [6, 6.07) is 3.87. The average Bonchev–Trinajstić information content (AvgIpc) is 2.52. The highest BCUT2D eigenvalue weighted by molar-refractivity contribution is 14.1. The minimum atomic E-state index is -1.52. The Labute approximate surface area is 104 Å². The van der Waals surface area contributed by atoms with Crippen molar-refractivity contribution in [3.05, 3.63) is 26.1 Å². The van der Waals surface area contributed by atoms with Gasteiger partial charge in [-0.1, -0.05) is 11.6 Å². The van der Waals surface area contributed by atoms with Crippen molar-refractivity contribution in [1.82, 2.24) is 0 Å². The first-order chi connectivity index (χ1) is 6.61. The maximum atomic E-state index is 9.22. The number of benzene rings is 1. The van der Waals surface area contributed by atoms with E-state index in [9.17, 15) is 10.0 Å². The van der Waals surface area contributed by atoms with Crippen LogP contribution in [0.2, 0.25) is 5.02 Å². The van der Waals surface area contributed by atoms with Crippen molar-refractivity contribution in [3.63, 3.8) is 0 Å². The summed E-state index contributed by atoms with van der Waals surface area (Å²) in [7, 11) is -1.52. The van der Waals surface area contributed by atoms with Crippen LogP contribution in [0.4, 0.5) is 0 Å². The smallest absolute Gasteiger partial charge is 0.423 e. The standard InChI is InChI=1S/C8H5BClIO2S/c10-7-5(11)3-4-1-2-14-8(4)6(7)9(12)13/h1-3,12-13H. The third-order valence-electron chi connectivity index (χ3n) is 1.93. The number of fused-ring (bicyclic) bond motifs is 1. The van der Waals surface area contributed by atoms with Gasteiger partial charge in [-0.25, -0.2) is 0 Å². The minimum Gasteiger partial charge on any atom is -0.423 e. The van der Waals surface area contributed by atoms with E-state index in [-0.39, 0.29) is 0 Å². The quantitative estimate of drug-likeness (QED) is 0.615. The van der Waals surface area contributed by atoms with Gasteiger partial charge in [0.05, 0.1) is 5.02 Å². The minimum absolute atomic E-state index is 0.406. The maximum Gasteiger partial charge on any atom is 0.491 e. The van der Waals surface area contributed by atoms with E-state index < -0.39 is 7.12 Å². The van der Waals surface area contributed by atoms with Gasteiger partial charge in [0.2, 0.25) is 0 Å². The second kappa shape index (κ2) is 3.98. The first-order valence-electron chi connectivity index (χ1n) is 3.82. The molecule has 0 bridgehead atoms. The van der Waals surface area contributed by atoms with Crippen LogP contribution in [0, 0.1) is 3.57 Å². The number of rotatable bonds is 1. The molecule has 2 aromatic rings. The van der Waals surface area contributed by atoms with Crippen LogP contribution in [-0.2, 0) is 0 Å². The van der Waals surface area contributed by atoms with Gasteiger partial charge in [-0.05, 0) is 45.5 Å². The molecular weight excluding hydrogens is 333 g/mol. The molecule has 2 N–H and O–H groups in total. The topological polar surface area (TPSA) is 40.5 Å². The van der Waals surface area contributed by atoms with Gasteiger partial charge in [0.1, 0.15) is 0 Å². The Hall–Kier alpha value is 0.185. The molecule has 0 unspecified atom stereocenters. The molecule has 2 rings (SSSR count). The molecule has 6 heteroatoms. The predicted molar refractivity (Wildman–Crippen MR) is 69.4 cm³/mol. The SMILES string of the molecule is OB(O)c1c(Cl)c(I)cc2ccsc12. The molecule has 0 saturated carbocycles. The molecule has 14 heavy (non-hydrogen) atoms. The van der Waals surface area contributed by atoms with Crippen molar-refractivity contribution in [1.29, 1.82) is 0 Å². The summed E-state index contributed by atoms with van der Waals surface area (Å²) in [5.74, 6) is 0. The Morgan fingerprint density at radius 1 is 1.43 bits per heavy atom. The first-order valence-corrected chi connectivity index (χ1v) is 6.16. The lowest BCUT2D eigenvalue weighted by atomic mass is 9.80. The van der Waals surface area contributed by atoms with Crippen LogP contribution in [0.3, 0.4) is 0 Å². The summed E-state index contributed by atoms with van der Waals surface area (Å²) < 4.78 is 1.67. The molecule has 1 aromatic carbocycles. The van der Waals surface area contributed by atoms with E-state index in [1.807, 2.05) is 17.5 Å². The zero-order chi connectivity index (χ0) is 10.3. The summed E-state index contributed by atoms with van der Waals surface area (Å²) in [4.78, 5) is 0. The molecule has 0 aliphatic rings. The average molecular weight is 338 g/mol. The number of thiophene rings is 1. The second-order valence-corrected chi connectivity index (χ2v) is 5.25. The van der Waals surface area contributed by atoms with Crippen LogP contribution >= 0.6 is 45.5 Å². The first kappa shape index (κ1) is 10.7. The molecule has 0 aliphatic heterocycles. The van der Waals surface area contributed by atoms with E-state index in [1.54, 1.807) is 0 Å². The molecule has 1 aromatic heterocycles. The highest BCUT2D eigenvalue weighted by Crippen LogP contribution is 2.27. The van der Waals surface area contributed by atoms with Crippen LogP contribution in [0.5, 0.6) is 0 Å². The van der Waals surface area contributed by atoms with Crippen LogP contribution in [-0.4, -0.2) is 17.2 Å². The molecule has 0 fully saturated rings. The van der Waals surface area contributed by atoms with Gasteiger partial charge in [-0.15, -0.1) is 11.3 Å². The van der Waals surface area contributed by atoms with Gasteiger partial charge >= 0.3 is 7.12 Å². The number of hydrogen-bond donors (Lipinski definition) is 2. The van der Waals surface area contributed by atoms with Crippen molar-refractivity contribution in [2.75, 3.05) is 0 Å². The van der Waals surface area contributed by atoms with Gasteiger partial charge in [0, 0.05) is 13.7 Å². The fourth-order valence-electron chi connectivity index (χ4n) is 1.31. The lowest BCUT2D eigenvalue weighted by molar-refractivity contribution is 0.426. The van der Waals surface area contributed by atoms with Crippen molar-refractivity contribution >= 4 is 68.2 Å². The van der Waals surface area contributed by atoms with Crippen LogP contribution in [0.1, 0.15) is 0 Å². The summed E-state index contributed by atoms with van der Waals surface area (Å²) in [6.45, 7) is 0. The molecule has 72 valence electrons.